The Morgan fingerprint density at radius 2 is 2.09 bits per heavy atom. The van der Waals surface area contributed by atoms with Crippen molar-refractivity contribution in [1.29, 1.82) is 0 Å². The number of aliphatic hydroxyl groups is 1. The van der Waals surface area contributed by atoms with E-state index in [9.17, 15) is 18.7 Å². The number of alkyl halides is 2. The summed E-state index contributed by atoms with van der Waals surface area (Å²) in [4.78, 5) is 18.1. The van der Waals surface area contributed by atoms with E-state index >= 15 is 0 Å². The highest BCUT2D eigenvalue weighted by atomic mass is 19.3. The van der Waals surface area contributed by atoms with Gasteiger partial charge < -0.3 is 14.4 Å². The minimum absolute atomic E-state index is 0.0953. The van der Waals surface area contributed by atoms with Crippen LogP contribution in [0.3, 0.4) is 0 Å². The van der Waals surface area contributed by atoms with Crippen LogP contribution in [0.15, 0.2) is 41.1 Å². The Morgan fingerprint density at radius 1 is 1.35 bits per heavy atom. The number of hydrogen-bond acceptors (Lipinski definition) is 4. The molecule has 5 nitrogen and oxygen atoms in total. The SMILES string of the molecule is O=C(c1ccnc(-c2ccco2)c1)N1CCC(O)(C(F)F)CC1. The molecular weight excluding hydrogens is 306 g/mol. The van der Waals surface area contributed by atoms with Gasteiger partial charge in [-0.3, -0.25) is 9.78 Å². The van der Waals surface area contributed by atoms with Crippen molar-refractivity contribution in [2.75, 3.05) is 13.1 Å². The zero-order valence-corrected chi connectivity index (χ0v) is 12.3. The lowest BCUT2D eigenvalue weighted by molar-refractivity contribution is -0.122. The predicted octanol–water partition coefficient (Wildman–Crippen LogP) is 2.57. The monoisotopic (exact) mass is 322 g/mol. The molecule has 0 radical (unpaired) electrons. The molecule has 122 valence electrons. The summed E-state index contributed by atoms with van der Waals surface area (Å²) in [6.07, 6.45) is -0.0449. The van der Waals surface area contributed by atoms with Gasteiger partial charge in [0.1, 0.15) is 11.3 Å². The van der Waals surface area contributed by atoms with Crippen LogP contribution in [0.5, 0.6) is 0 Å². The number of furan rings is 1. The molecule has 0 spiro atoms. The van der Waals surface area contributed by atoms with Crippen molar-refractivity contribution in [3.8, 4) is 11.5 Å². The molecule has 1 aliphatic heterocycles. The first kappa shape index (κ1) is 15.6. The maximum Gasteiger partial charge on any atom is 0.266 e. The number of hydrogen-bond donors (Lipinski definition) is 1. The molecule has 0 aromatic carbocycles. The van der Waals surface area contributed by atoms with E-state index in [2.05, 4.69) is 4.98 Å². The Bertz CT molecular complexity index is 680. The molecule has 1 amide bonds. The van der Waals surface area contributed by atoms with E-state index in [0.29, 0.717) is 17.0 Å². The number of pyridine rings is 1. The lowest BCUT2D eigenvalue weighted by Gasteiger charge is -2.37. The van der Waals surface area contributed by atoms with Crippen LogP contribution in [0.4, 0.5) is 8.78 Å². The summed E-state index contributed by atoms with van der Waals surface area (Å²) in [5.74, 6) is 0.280. The fourth-order valence-electron chi connectivity index (χ4n) is 2.62. The van der Waals surface area contributed by atoms with Gasteiger partial charge in [0.15, 0.2) is 5.76 Å². The van der Waals surface area contributed by atoms with E-state index in [1.54, 1.807) is 24.3 Å². The summed E-state index contributed by atoms with van der Waals surface area (Å²) in [5.41, 5.74) is -1.05. The second kappa shape index (κ2) is 6.08. The average molecular weight is 322 g/mol. The fourth-order valence-corrected chi connectivity index (χ4v) is 2.62. The van der Waals surface area contributed by atoms with Crippen molar-refractivity contribution in [2.45, 2.75) is 24.9 Å². The Balaban J connectivity index is 1.73. The first-order valence-corrected chi connectivity index (χ1v) is 7.29. The summed E-state index contributed by atoms with van der Waals surface area (Å²) in [5, 5.41) is 9.78. The molecule has 1 N–H and O–H groups in total. The summed E-state index contributed by atoms with van der Waals surface area (Å²) < 4.78 is 30.8. The standard InChI is InChI=1S/C16H16F2N2O3/c17-15(18)16(22)4-7-20(8-5-16)14(21)11-3-6-19-12(10-11)13-2-1-9-23-13/h1-3,6,9-10,15,22H,4-5,7-8H2. The quantitative estimate of drug-likeness (QED) is 0.943. The highest BCUT2D eigenvalue weighted by molar-refractivity contribution is 5.95. The summed E-state index contributed by atoms with van der Waals surface area (Å²) in [6.45, 7) is 0.191. The molecule has 1 saturated heterocycles. The number of carbonyl (C=O) groups is 1. The Kier molecular flexibility index (Phi) is 4.12. The van der Waals surface area contributed by atoms with Gasteiger partial charge in [-0.25, -0.2) is 8.78 Å². The lowest BCUT2D eigenvalue weighted by atomic mass is 9.91. The van der Waals surface area contributed by atoms with Crippen LogP contribution in [0, 0.1) is 0 Å². The number of carbonyl (C=O) groups excluding carboxylic acids is 1. The van der Waals surface area contributed by atoms with Crippen molar-refractivity contribution in [3.63, 3.8) is 0 Å². The number of piperidine rings is 1. The van der Waals surface area contributed by atoms with Crippen LogP contribution in [0.2, 0.25) is 0 Å². The van der Waals surface area contributed by atoms with Gasteiger partial charge in [-0.1, -0.05) is 0 Å². The van der Waals surface area contributed by atoms with Crippen LogP contribution in [-0.2, 0) is 0 Å². The topological polar surface area (TPSA) is 66.6 Å². The third-order valence-electron chi connectivity index (χ3n) is 4.10. The van der Waals surface area contributed by atoms with Gasteiger partial charge in [0.2, 0.25) is 0 Å². The summed E-state index contributed by atoms with van der Waals surface area (Å²) >= 11 is 0. The molecular formula is C16H16F2N2O3. The molecule has 0 atom stereocenters. The molecule has 0 bridgehead atoms. The van der Waals surface area contributed by atoms with Gasteiger partial charge in [-0.05, 0) is 37.1 Å². The van der Waals surface area contributed by atoms with Crippen LogP contribution < -0.4 is 0 Å². The minimum Gasteiger partial charge on any atom is -0.463 e. The molecule has 0 unspecified atom stereocenters. The second-order valence-electron chi connectivity index (χ2n) is 5.60. The van der Waals surface area contributed by atoms with Crippen molar-refractivity contribution in [3.05, 3.63) is 42.3 Å². The van der Waals surface area contributed by atoms with E-state index in [-0.39, 0.29) is 31.8 Å². The zero-order chi connectivity index (χ0) is 16.4. The highest BCUT2D eigenvalue weighted by Gasteiger charge is 2.41. The maximum absolute atomic E-state index is 12.8. The largest absolute Gasteiger partial charge is 0.463 e. The normalized spacial score (nSPS) is 17.5. The maximum atomic E-state index is 12.8. The van der Waals surface area contributed by atoms with Gasteiger partial charge in [-0.15, -0.1) is 0 Å². The number of nitrogens with zero attached hydrogens (tertiary/aromatic N) is 2. The second-order valence-corrected chi connectivity index (χ2v) is 5.60. The van der Waals surface area contributed by atoms with Gasteiger partial charge in [0.25, 0.3) is 12.3 Å². The molecule has 2 aromatic rings. The van der Waals surface area contributed by atoms with E-state index < -0.39 is 12.0 Å². The van der Waals surface area contributed by atoms with Crippen LogP contribution in [-0.4, -0.2) is 46.0 Å². The molecule has 1 aliphatic rings. The first-order chi connectivity index (χ1) is 11.0. The predicted molar refractivity (Wildman–Crippen MR) is 78.0 cm³/mol. The number of aromatic nitrogens is 1. The van der Waals surface area contributed by atoms with Gasteiger partial charge in [0, 0.05) is 24.8 Å². The smallest absolute Gasteiger partial charge is 0.266 e. The van der Waals surface area contributed by atoms with E-state index in [1.165, 1.54) is 17.4 Å². The van der Waals surface area contributed by atoms with Crippen molar-refractivity contribution in [1.82, 2.24) is 9.88 Å². The van der Waals surface area contributed by atoms with Crippen LogP contribution in [0.25, 0.3) is 11.5 Å². The van der Waals surface area contributed by atoms with Crippen LogP contribution >= 0.6 is 0 Å². The first-order valence-electron chi connectivity index (χ1n) is 7.29. The third-order valence-corrected chi connectivity index (χ3v) is 4.10. The van der Waals surface area contributed by atoms with Crippen molar-refractivity contribution in [2.24, 2.45) is 0 Å². The number of amides is 1. The van der Waals surface area contributed by atoms with E-state index in [4.69, 9.17) is 4.42 Å². The molecule has 23 heavy (non-hydrogen) atoms. The van der Waals surface area contributed by atoms with Gasteiger partial charge in [-0.2, -0.15) is 0 Å². The minimum atomic E-state index is -2.80. The zero-order valence-electron chi connectivity index (χ0n) is 12.3. The summed E-state index contributed by atoms with van der Waals surface area (Å²) in [7, 11) is 0. The molecule has 0 aliphatic carbocycles. The Hall–Kier alpha value is -2.28. The summed E-state index contributed by atoms with van der Waals surface area (Å²) in [6, 6.07) is 6.64. The van der Waals surface area contributed by atoms with Crippen LogP contribution in [0.1, 0.15) is 23.2 Å². The fraction of sp³-hybridized carbons (Fsp3) is 0.375. The molecule has 3 rings (SSSR count). The lowest BCUT2D eigenvalue weighted by Crippen LogP contribution is -2.50. The molecule has 2 aromatic heterocycles. The number of likely N-dealkylation sites (tertiary alicyclic amines) is 1. The highest BCUT2D eigenvalue weighted by Crippen LogP contribution is 2.29. The van der Waals surface area contributed by atoms with Gasteiger partial charge in [0.05, 0.1) is 6.26 Å². The Labute approximate surface area is 131 Å². The Morgan fingerprint density at radius 3 is 2.70 bits per heavy atom. The number of halogens is 2. The molecule has 1 fully saturated rings. The van der Waals surface area contributed by atoms with Crippen molar-refractivity contribution >= 4 is 5.91 Å². The molecule has 0 saturated carbocycles. The third kappa shape index (κ3) is 3.10. The average Bonchev–Trinajstić information content (AvgIpc) is 3.09. The van der Waals surface area contributed by atoms with Gasteiger partial charge >= 0.3 is 0 Å². The molecule has 7 heteroatoms. The molecule has 3 heterocycles. The number of rotatable bonds is 3. The van der Waals surface area contributed by atoms with Crippen molar-refractivity contribution < 1.29 is 23.1 Å². The van der Waals surface area contributed by atoms with E-state index in [1.807, 2.05) is 0 Å². The van der Waals surface area contributed by atoms with E-state index in [0.717, 1.165) is 0 Å².